The van der Waals surface area contributed by atoms with E-state index in [1.54, 1.807) is 27.9 Å². The van der Waals surface area contributed by atoms with Crippen molar-refractivity contribution in [1.82, 2.24) is 14.7 Å². The van der Waals surface area contributed by atoms with Gasteiger partial charge in [0.25, 0.3) is 0 Å². The summed E-state index contributed by atoms with van der Waals surface area (Å²) in [6, 6.07) is 15.3. The van der Waals surface area contributed by atoms with Crippen molar-refractivity contribution in [2.45, 2.75) is 13.5 Å². The quantitative estimate of drug-likeness (QED) is 0.762. The lowest BCUT2D eigenvalue weighted by molar-refractivity contribution is 0.212. The van der Waals surface area contributed by atoms with Crippen LogP contribution in [0.25, 0.3) is 5.69 Å². The SMILES string of the molecule is CCN(Cc1cccc(F)c1)C(=O)Nc1ccccc1-n1cccn1. The minimum absolute atomic E-state index is 0.244. The van der Waals surface area contributed by atoms with E-state index in [2.05, 4.69) is 10.4 Å². The van der Waals surface area contributed by atoms with Crippen LogP contribution in [0.4, 0.5) is 14.9 Å². The van der Waals surface area contributed by atoms with Gasteiger partial charge in [-0.05, 0) is 42.8 Å². The number of hydrogen-bond acceptors (Lipinski definition) is 2. The second kappa shape index (κ2) is 7.61. The number of urea groups is 1. The summed E-state index contributed by atoms with van der Waals surface area (Å²) in [6.45, 7) is 2.73. The van der Waals surface area contributed by atoms with Crippen molar-refractivity contribution >= 4 is 11.7 Å². The zero-order valence-corrected chi connectivity index (χ0v) is 13.9. The predicted octanol–water partition coefficient (Wildman–Crippen LogP) is 4.07. The van der Waals surface area contributed by atoms with Gasteiger partial charge in [-0.15, -0.1) is 0 Å². The molecule has 0 aliphatic carbocycles. The first-order valence-corrected chi connectivity index (χ1v) is 8.07. The maximum Gasteiger partial charge on any atom is 0.322 e. The lowest BCUT2D eigenvalue weighted by atomic mass is 10.2. The Hall–Kier alpha value is -3.15. The molecule has 0 saturated carbocycles. The summed E-state index contributed by atoms with van der Waals surface area (Å²) < 4.78 is 15.0. The lowest BCUT2D eigenvalue weighted by Gasteiger charge is -2.22. The molecule has 1 heterocycles. The molecule has 6 heteroatoms. The molecule has 0 bridgehead atoms. The van der Waals surface area contributed by atoms with Crippen LogP contribution >= 0.6 is 0 Å². The Bertz CT molecular complexity index is 848. The van der Waals surface area contributed by atoms with Crippen molar-refractivity contribution in [3.05, 3.63) is 78.4 Å². The van der Waals surface area contributed by atoms with E-state index in [-0.39, 0.29) is 11.8 Å². The first-order valence-electron chi connectivity index (χ1n) is 8.07. The van der Waals surface area contributed by atoms with Gasteiger partial charge in [0, 0.05) is 25.5 Å². The zero-order chi connectivity index (χ0) is 17.6. The van der Waals surface area contributed by atoms with Gasteiger partial charge in [-0.3, -0.25) is 0 Å². The average Bonchev–Trinajstić information content (AvgIpc) is 3.14. The van der Waals surface area contributed by atoms with Gasteiger partial charge in [-0.25, -0.2) is 13.9 Å². The number of carbonyl (C=O) groups is 1. The van der Waals surface area contributed by atoms with Crippen LogP contribution in [0.3, 0.4) is 0 Å². The largest absolute Gasteiger partial charge is 0.322 e. The number of hydrogen-bond donors (Lipinski definition) is 1. The van der Waals surface area contributed by atoms with Gasteiger partial charge in [0.1, 0.15) is 5.82 Å². The van der Waals surface area contributed by atoms with E-state index in [0.29, 0.717) is 18.8 Å². The van der Waals surface area contributed by atoms with E-state index >= 15 is 0 Å². The van der Waals surface area contributed by atoms with Gasteiger partial charge in [0.2, 0.25) is 0 Å². The third-order valence-electron chi connectivity index (χ3n) is 3.83. The summed E-state index contributed by atoms with van der Waals surface area (Å²) in [7, 11) is 0. The molecule has 1 N–H and O–H groups in total. The summed E-state index contributed by atoms with van der Waals surface area (Å²) in [5.41, 5.74) is 2.19. The van der Waals surface area contributed by atoms with E-state index in [9.17, 15) is 9.18 Å². The predicted molar refractivity (Wildman–Crippen MR) is 95.1 cm³/mol. The fourth-order valence-electron chi connectivity index (χ4n) is 2.57. The van der Waals surface area contributed by atoms with Crippen LogP contribution in [-0.4, -0.2) is 27.3 Å². The minimum atomic E-state index is -0.307. The van der Waals surface area contributed by atoms with Gasteiger partial charge in [-0.1, -0.05) is 24.3 Å². The number of benzene rings is 2. The van der Waals surface area contributed by atoms with Gasteiger partial charge >= 0.3 is 6.03 Å². The maximum absolute atomic E-state index is 13.4. The van der Waals surface area contributed by atoms with Gasteiger partial charge in [0.15, 0.2) is 0 Å². The van der Waals surface area contributed by atoms with E-state index in [1.807, 2.05) is 43.5 Å². The highest BCUT2D eigenvalue weighted by molar-refractivity contribution is 5.91. The van der Waals surface area contributed by atoms with Crippen molar-refractivity contribution in [3.63, 3.8) is 0 Å². The summed E-state index contributed by atoms with van der Waals surface area (Å²) in [4.78, 5) is 14.3. The van der Waals surface area contributed by atoms with Crippen LogP contribution in [-0.2, 0) is 6.54 Å². The second-order valence-corrected chi connectivity index (χ2v) is 5.54. The molecule has 2 amide bonds. The van der Waals surface area contributed by atoms with Crippen molar-refractivity contribution in [1.29, 1.82) is 0 Å². The molecule has 0 radical (unpaired) electrons. The average molecular weight is 338 g/mol. The van der Waals surface area contributed by atoms with E-state index < -0.39 is 0 Å². The number of aromatic nitrogens is 2. The minimum Gasteiger partial charge on any atom is -0.320 e. The van der Waals surface area contributed by atoms with Crippen LogP contribution < -0.4 is 5.32 Å². The molecule has 0 aliphatic rings. The number of halogens is 1. The number of rotatable bonds is 5. The topological polar surface area (TPSA) is 50.2 Å². The van der Waals surface area contributed by atoms with Crippen molar-refractivity contribution in [3.8, 4) is 5.69 Å². The fraction of sp³-hybridized carbons (Fsp3) is 0.158. The third kappa shape index (κ3) is 4.03. The lowest BCUT2D eigenvalue weighted by Crippen LogP contribution is -2.34. The summed E-state index contributed by atoms with van der Waals surface area (Å²) in [6.07, 6.45) is 3.50. The molecule has 128 valence electrons. The highest BCUT2D eigenvalue weighted by atomic mass is 19.1. The van der Waals surface area contributed by atoms with Gasteiger partial charge in [-0.2, -0.15) is 5.10 Å². The van der Waals surface area contributed by atoms with Crippen LogP contribution in [0.15, 0.2) is 67.0 Å². The first kappa shape index (κ1) is 16.7. The molecule has 5 nitrogen and oxygen atoms in total. The second-order valence-electron chi connectivity index (χ2n) is 5.54. The van der Waals surface area contributed by atoms with Crippen LogP contribution in [0.1, 0.15) is 12.5 Å². The Morgan fingerprint density at radius 3 is 2.76 bits per heavy atom. The van der Waals surface area contributed by atoms with Crippen molar-refractivity contribution < 1.29 is 9.18 Å². The molecule has 3 aromatic rings. The molecule has 3 rings (SSSR count). The maximum atomic E-state index is 13.4. The van der Waals surface area contributed by atoms with Crippen LogP contribution in [0, 0.1) is 5.82 Å². The standard InChI is InChI=1S/C19H19FN4O/c1-2-23(14-15-7-5-8-16(20)13-15)19(25)22-17-9-3-4-10-18(17)24-12-6-11-21-24/h3-13H,2,14H2,1H3,(H,22,25). The Morgan fingerprint density at radius 2 is 2.04 bits per heavy atom. The summed E-state index contributed by atoms with van der Waals surface area (Å²) >= 11 is 0. The Kier molecular flexibility index (Phi) is 5.09. The molecule has 1 aromatic heterocycles. The molecular formula is C19H19FN4O. The molecule has 0 saturated heterocycles. The molecule has 2 aromatic carbocycles. The number of nitrogens with one attached hydrogen (secondary N) is 1. The Balaban J connectivity index is 1.77. The van der Waals surface area contributed by atoms with E-state index in [0.717, 1.165) is 11.3 Å². The molecule has 0 aliphatic heterocycles. The normalized spacial score (nSPS) is 10.5. The molecule has 0 atom stereocenters. The smallest absolute Gasteiger partial charge is 0.320 e. The Morgan fingerprint density at radius 1 is 1.20 bits per heavy atom. The number of anilines is 1. The van der Waals surface area contributed by atoms with Crippen LogP contribution in [0.2, 0.25) is 0 Å². The van der Waals surface area contributed by atoms with E-state index in [4.69, 9.17) is 0 Å². The van der Waals surface area contributed by atoms with Crippen molar-refractivity contribution in [2.24, 2.45) is 0 Å². The first-order chi connectivity index (χ1) is 12.2. The highest BCUT2D eigenvalue weighted by Crippen LogP contribution is 2.20. The molecule has 0 unspecified atom stereocenters. The van der Waals surface area contributed by atoms with Crippen LogP contribution in [0.5, 0.6) is 0 Å². The summed E-state index contributed by atoms with van der Waals surface area (Å²) in [5, 5.41) is 7.12. The zero-order valence-electron chi connectivity index (χ0n) is 13.9. The molecule has 0 spiro atoms. The third-order valence-corrected chi connectivity index (χ3v) is 3.83. The molecule has 0 fully saturated rings. The van der Waals surface area contributed by atoms with Gasteiger partial charge in [0.05, 0.1) is 11.4 Å². The van der Waals surface area contributed by atoms with Crippen molar-refractivity contribution in [2.75, 3.05) is 11.9 Å². The highest BCUT2D eigenvalue weighted by Gasteiger charge is 2.15. The summed E-state index contributed by atoms with van der Waals surface area (Å²) in [5.74, 6) is -0.307. The molecular weight excluding hydrogens is 319 g/mol. The monoisotopic (exact) mass is 338 g/mol. The van der Waals surface area contributed by atoms with E-state index in [1.165, 1.54) is 12.1 Å². The number of carbonyl (C=O) groups excluding carboxylic acids is 1. The number of nitrogens with zero attached hydrogens (tertiary/aromatic N) is 3. The number of amides is 2. The molecule has 25 heavy (non-hydrogen) atoms. The Labute approximate surface area is 145 Å². The number of para-hydroxylation sites is 2. The fourth-order valence-corrected chi connectivity index (χ4v) is 2.57. The van der Waals surface area contributed by atoms with Gasteiger partial charge < -0.3 is 10.2 Å².